The maximum absolute atomic E-state index is 8.57. The van der Waals surface area contributed by atoms with Crippen molar-refractivity contribution < 1.29 is 9.84 Å². The van der Waals surface area contributed by atoms with Crippen LogP contribution in [0.3, 0.4) is 0 Å². The first-order valence-electron chi connectivity index (χ1n) is 5.05. The van der Waals surface area contributed by atoms with Crippen molar-refractivity contribution in [3.63, 3.8) is 0 Å². The summed E-state index contributed by atoms with van der Waals surface area (Å²) < 4.78 is 5.63. The van der Waals surface area contributed by atoms with Crippen LogP contribution in [0.1, 0.15) is 39.0 Å². The Morgan fingerprint density at radius 3 is 2.92 bits per heavy atom. The first-order chi connectivity index (χ1) is 5.83. The minimum absolute atomic E-state index is 0.252. The standard InChI is InChI=1S/C10H20O2/c1-9-4-2-5-10(8-9)12-7-3-6-11/h9-11H,2-8H2,1H3. The topological polar surface area (TPSA) is 29.5 Å². The molecule has 1 aliphatic carbocycles. The van der Waals surface area contributed by atoms with Crippen molar-refractivity contribution in [2.24, 2.45) is 5.92 Å². The van der Waals surface area contributed by atoms with Gasteiger partial charge in [-0.2, -0.15) is 0 Å². The molecule has 1 rings (SSSR count). The van der Waals surface area contributed by atoms with Gasteiger partial charge in [0.05, 0.1) is 6.10 Å². The van der Waals surface area contributed by atoms with Gasteiger partial charge in [-0.3, -0.25) is 0 Å². The second-order valence-electron chi connectivity index (χ2n) is 3.84. The Balaban J connectivity index is 2.06. The highest BCUT2D eigenvalue weighted by Gasteiger charge is 2.18. The Morgan fingerprint density at radius 1 is 1.42 bits per heavy atom. The zero-order valence-corrected chi connectivity index (χ0v) is 7.96. The molecule has 0 bridgehead atoms. The fraction of sp³-hybridized carbons (Fsp3) is 1.00. The van der Waals surface area contributed by atoms with Crippen molar-refractivity contribution in [2.45, 2.75) is 45.1 Å². The van der Waals surface area contributed by atoms with Crippen LogP contribution >= 0.6 is 0 Å². The van der Waals surface area contributed by atoms with E-state index in [1.54, 1.807) is 0 Å². The highest BCUT2D eigenvalue weighted by atomic mass is 16.5. The maximum atomic E-state index is 8.57. The summed E-state index contributed by atoms with van der Waals surface area (Å²) in [6, 6.07) is 0. The zero-order chi connectivity index (χ0) is 8.81. The van der Waals surface area contributed by atoms with Crippen molar-refractivity contribution in [3.05, 3.63) is 0 Å². The van der Waals surface area contributed by atoms with Gasteiger partial charge in [-0.15, -0.1) is 0 Å². The predicted octanol–water partition coefficient (Wildman–Crippen LogP) is 1.96. The van der Waals surface area contributed by atoms with E-state index in [0.29, 0.717) is 6.10 Å². The molecule has 1 N–H and O–H groups in total. The van der Waals surface area contributed by atoms with Crippen molar-refractivity contribution in [2.75, 3.05) is 13.2 Å². The molecule has 2 heteroatoms. The molecule has 0 aromatic rings. The van der Waals surface area contributed by atoms with Crippen molar-refractivity contribution >= 4 is 0 Å². The number of ether oxygens (including phenoxy) is 1. The molecule has 12 heavy (non-hydrogen) atoms. The fourth-order valence-corrected chi connectivity index (χ4v) is 1.84. The van der Waals surface area contributed by atoms with E-state index in [0.717, 1.165) is 18.9 Å². The predicted molar refractivity (Wildman–Crippen MR) is 49.1 cm³/mol. The zero-order valence-electron chi connectivity index (χ0n) is 7.96. The third kappa shape index (κ3) is 3.55. The molecule has 0 heterocycles. The minimum Gasteiger partial charge on any atom is -0.396 e. The molecule has 0 saturated heterocycles. The van der Waals surface area contributed by atoms with Gasteiger partial charge >= 0.3 is 0 Å². The second-order valence-corrected chi connectivity index (χ2v) is 3.84. The number of aliphatic hydroxyl groups excluding tert-OH is 1. The Labute approximate surface area is 74.9 Å². The van der Waals surface area contributed by atoms with E-state index < -0.39 is 0 Å². The Bertz CT molecular complexity index is 114. The van der Waals surface area contributed by atoms with Crippen LogP contribution in [0.4, 0.5) is 0 Å². The molecule has 2 nitrogen and oxygen atoms in total. The maximum Gasteiger partial charge on any atom is 0.0577 e. The first-order valence-corrected chi connectivity index (χ1v) is 5.05. The molecule has 0 spiro atoms. The Kier molecular flexibility index (Phi) is 4.62. The lowest BCUT2D eigenvalue weighted by molar-refractivity contribution is 0.00955. The Hall–Kier alpha value is -0.0800. The van der Waals surface area contributed by atoms with Gasteiger partial charge in [0.25, 0.3) is 0 Å². The quantitative estimate of drug-likeness (QED) is 0.657. The van der Waals surface area contributed by atoms with E-state index in [-0.39, 0.29) is 6.61 Å². The highest BCUT2D eigenvalue weighted by molar-refractivity contribution is 4.70. The van der Waals surface area contributed by atoms with Gasteiger partial charge in [-0.25, -0.2) is 0 Å². The monoisotopic (exact) mass is 172 g/mol. The molecular weight excluding hydrogens is 152 g/mol. The van der Waals surface area contributed by atoms with E-state index >= 15 is 0 Å². The average molecular weight is 172 g/mol. The van der Waals surface area contributed by atoms with Crippen molar-refractivity contribution in [3.8, 4) is 0 Å². The smallest absolute Gasteiger partial charge is 0.0577 e. The molecule has 1 aliphatic rings. The summed E-state index contributed by atoms with van der Waals surface area (Å²) in [6.45, 7) is 3.28. The highest BCUT2D eigenvalue weighted by Crippen LogP contribution is 2.25. The molecule has 2 unspecified atom stereocenters. The van der Waals surface area contributed by atoms with Crippen LogP contribution < -0.4 is 0 Å². The van der Waals surface area contributed by atoms with E-state index in [2.05, 4.69) is 6.92 Å². The largest absolute Gasteiger partial charge is 0.396 e. The molecule has 0 radical (unpaired) electrons. The van der Waals surface area contributed by atoms with Crippen molar-refractivity contribution in [1.82, 2.24) is 0 Å². The van der Waals surface area contributed by atoms with Gasteiger partial charge in [0.15, 0.2) is 0 Å². The van der Waals surface area contributed by atoms with Gasteiger partial charge in [-0.1, -0.05) is 19.8 Å². The van der Waals surface area contributed by atoms with Crippen LogP contribution in [0.2, 0.25) is 0 Å². The van der Waals surface area contributed by atoms with Gasteiger partial charge in [0.1, 0.15) is 0 Å². The second kappa shape index (κ2) is 5.55. The van der Waals surface area contributed by atoms with Gasteiger partial charge in [0, 0.05) is 13.2 Å². The van der Waals surface area contributed by atoms with Crippen LogP contribution in [0.15, 0.2) is 0 Å². The molecule has 2 atom stereocenters. The van der Waals surface area contributed by atoms with E-state index in [4.69, 9.17) is 9.84 Å². The van der Waals surface area contributed by atoms with Crippen LogP contribution in [-0.4, -0.2) is 24.4 Å². The molecule has 1 saturated carbocycles. The molecule has 1 fully saturated rings. The molecule has 0 aromatic carbocycles. The molecule has 0 aromatic heterocycles. The fourth-order valence-electron chi connectivity index (χ4n) is 1.84. The third-order valence-electron chi connectivity index (χ3n) is 2.54. The molecular formula is C10H20O2. The number of aliphatic hydroxyl groups is 1. The molecule has 72 valence electrons. The SMILES string of the molecule is CC1CCCC(OCCCO)C1. The average Bonchev–Trinajstić information content (AvgIpc) is 2.05. The molecule has 0 aliphatic heterocycles. The lowest BCUT2D eigenvalue weighted by atomic mass is 9.89. The third-order valence-corrected chi connectivity index (χ3v) is 2.54. The number of rotatable bonds is 4. The van der Waals surface area contributed by atoms with Crippen LogP contribution in [0, 0.1) is 5.92 Å². The van der Waals surface area contributed by atoms with Crippen LogP contribution in [0.25, 0.3) is 0 Å². The van der Waals surface area contributed by atoms with E-state index in [9.17, 15) is 0 Å². The summed E-state index contributed by atoms with van der Waals surface area (Å²) in [6.07, 6.45) is 6.36. The summed E-state index contributed by atoms with van der Waals surface area (Å²) in [5, 5.41) is 8.57. The number of hydrogen-bond acceptors (Lipinski definition) is 2. The van der Waals surface area contributed by atoms with Gasteiger partial charge in [-0.05, 0) is 25.2 Å². The first kappa shape index (κ1) is 10.0. The van der Waals surface area contributed by atoms with Gasteiger partial charge in [0.2, 0.25) is 0 Å². The summed E-state index contributed by atoms with van der Waals surface area (Å²) in [5.41, 5.74) is 0. The van der Waals surface area contributed by atoms with E-state index in [1.165, 1.54) is 25.7 Å². The van der Waals surface area contributed by atoms with Gasteiger partial charge < -0.3 is 9.84 Å². The van der Waals surface area contributed by atoms with Crippen LogP contribution in [-0.2, 0) is 4.74 Å². The molecule has 0 amide bonds. The Morgan fingerprint density at radius 2 is 2.25 bits per heavy atom. The summed E-state index contributed by atoms with van der Waals surface area (Å²) in [4.78, 5) is 0. The van der Waals surface area contributed by atoms with Crippen molar-refractivity contribution in [1.29, 1.82) is 0 Å². The van der Waals surface area contributed by atoms with Crippen LogP contribution in [0.5, 0.6) is 0 Å². The minimum atomic E-state index is 0.252. The van der Waals surface area contributed by atoms with E-state index in [1.807, 2.05) is 0 Å². The summed E-state index contributed by atoms with van der Waals surface area (Å²) in [5.74, 6) is 0.831. The lowest BCUT2D eigenvalue weighted by Gasteiger charge is -2.26. The normalized spacial score (nSPS) is 30.5. The lowest BCUT2D eigenvalue weighted by Crippen LogP contribution is -2.22. The number of hydrogen-bond donors (Lipinski definition) is 1. The summed E-state index contributed by atoms with van der Waals surface area (Å²) >= 11 is 0. The summed E-state index contributed by atoms with van der Waals surface area (Å²) in [7, 11) is 0.